The summed E-state index contributed by atoms with van der Waals surface area (Å²) in [6.45, 7) is 5.48. The van der Waals surface area contributed by atoms with Crippen LogP contribution in [0.5, 0.6) is 0 Å². The summed E-state index contributed by atoms with van der Waals surface area (Å²) in [7, 11) is -3.65. The molecular weight excluding hydrogens is 444 g/mol. The van der Waals surface area contributed by atoms with E-state index in [1.807, 2.05) is 32.0 Å². The first-order valence-electron chi connectivity index (χ1n) is 12.6. The third kappa shape index (κ3) is 4.49. The Morgan fingerprint density at radius 3 is 1.94 bits per heavy atom. The van der Waals surface area contributed by atoms with E-state index in [1.54, 1.807) is 19.1 Å². The van der Waals surface area contributed by atoms with Gasteiger partial charge in [0.25, 0.3) is 0 Å². The van der Waals surface area contributed by atoms with E-state index in [0.717, 1.165) is 41.1 Å². The van der Waals surface area contributed by atoms with Crippen LogP contribution < -0.4 is 9.62 Å². The lowest BCUT2D eigenvalue weighted by Crippen LogP contribution is -2.45. The number of sulfonamides is 1. The molecule has 0 aromatic heterocycles. The lowest BCUT2D eigenvalue weighted by Gasteiger charge is -2.54. The number of carbonyl (C=O) groups excluding carboxylic acids is 1. The van der Waals surface area contributed by atoms with E-state index in [0.29, 0.717) is 17.3 Å². The highest BCUT2D eigenvalue weighted by Gasteiger charge is 2.48. The van der Waals surface area contributed by atoms with Crippen molar-refractivity contribution in [1.29, 1.82) is 0 Å². The summed E-state index contributed by atoms with van der Waals surface area (Å²) in [5.41, 5.74) is 4.53. The number of rotatable bonds is 6. The molecule has 0 heterocycles. The van der Waals surface area contributed by atoms with Gasteiger partial charge in [0.15, 0.2) is 0 Å². The summed E-state index contributed by atoms with van der Waals surface area (Å²) in [5, 5.41) is 2.94. The molecule has 4 aliphatic rings. The van der Waals surface area contributed by atoms with Crippen molar-refractivity contribution in [2.75, 3.05) is 15.9 Å². The Morgan fingerprint density at radius 2 is 1.44 bits per heavy atom. The highest BCUT2D eigenvalue weighted by Crippen LogP contribution is 2.59. The Balaban J connectivity index is 1.31. The van der Waals surface area contributed by atoms with E-state index < -0.39 is 16.1 Å². The molecule has 0 saturated heterocycles. The van der Waals surface area contributed by atoms with Crippen molar-refractivity contribution in [1.82, 2.24) is 0 Å². The number of nitrogens with zero attached hydrogens (tertiary/aromatic N) is 1. The van der Waals surface area contributed by atoms with Crippen molar-refractivity contribution in [2.45, 2.75) is 64.8 Å². The highest BCUT2D eigenvalue weighted by atomic mass is 32.2. The molecule has 1 atom stereocenters. The first kappa shape index (κ1) is 23.4. The second-order valence-electron chi connectivity index (χ2n) is 11.1. The van der Waals surface area contributed by atoms with Crippen molar-refractivity contribution < 1.29 is 13.2 Å². The normalized spacial score (nSPS) is 28.5. The smallest absolute Gasteiger partial charge is 0.247 e. The topological polar surface area (TPSA) is 66.5 Å². The Labute approximate surface area is 204 Å². The summed E-state index contributed by atoms with van der Waals surface area (Å²) in [5.74, 6) is 3.85. The molecule has 182 valence electrons. The number of anilines is 2. The van der Waals surface area contributed by atoms with Gasteiger partial charge < -0.3 is 5.32 Å². The summed E-state index contributed by atoms with van der Waals surface area (Å²) in [4.78, 5) is 13.1. The number of nitrogens with one attached hydrogen (secondary N) is 1. The first-order chi connectivity index (χ1) is 16.1. The van der Waals surface area contributed by atoms with Gasteiger partial charge in [0, 0.05) is 5.69 Å². The zero-order valence-electron chi connectivity index (χ0n) is 20.6. The maximum atomic E-state index is 13.1. The number of benzene rings is 2. The van der Waals surface area contributed by atoms with Crippen molar-refractivity contribution in [2.24, 2.45) is 23.7 Å². The molecule has 6 heteroatoms. The van der Waals surface area contributed by atoms with E-state index in [9.17, 15) is 13.2 Å². The number of hydrogen-bond donors (Lipinski definition) is 1. The van der Waals surface area contributed by atoms with Gasteiger partial charge in [0.2, 0.25) is 15.9 Å². The van der Waals surface area contributed by atoms with Crippen LogP contribution in [0.2, 0.25) is 0 Å². The van der Waals surface area contributed by atoms with Crippen molar-refractivity contribution >= 4 is 27.3 Å². The third-order valence-corrected chi connectivity index (χ3v) is 9.58. The van der Waals surface area contributed by atoms with Crippen molar-refractivity contribution in [3.8, 4) is 0 Å². The molecule has 0 unspecified atom stereocenters. The van der Waals surface area contributed by atoms with Gasteiger partial charge in [-0.1, -0.05) is 18.2 Å². The fourth-order valence-corrected chi connectivity index (χ4v) is 8.55. The molecule has 4 saturated carbocycles. The minimum absolute atomic E-state index is 0.341. The quantitative estimate of drug-likeness (QED) is 0.582. The van der Waals surface area contributed by atoms with Crippen LogP contribution in [0.1, 0.15) is 61.6 Å². The summed E-state index contributed by atoms with van der Waals surface area (Å²) >= 11 is 0. The molecule has 0 spiro atoms. The number of aryl methyl sites for hydroxylation is 2. The van der Waals surface area contributed by atoms with Crippen LogP contribution in [0, 0.1) is 37.5 Å². The Kier molecular flexibility index (Phi) is 5.99. The predicted octanol–water partition coefficient (Wildman–Crippen LogP) is 5.64. The maximum absolute atomic E-state index is 13.1. The molecule has 2 aromatic carbocycles. The summed E-state index contributed by atoms with van der Waals surface area (Å²) < 4.78 is 26.5. The predicted molar refractivity (Wildman–Crippen MR) is 138 cm³/mol. The molecule has 1 amide bonds. The lowest BCUT2D eigenvalue weighted by atomic mass is 9.51. The second-order valence-corrected chi connectivity index (χ2v) is 13.0. The molecule has 4 aliphatic carbocycles. The van der Waals surface area contributed by atoms with Crippen LogP contribution in [0.3, 0.4) is 0 Å². The second kappa shape index (κ2) is 8.71. The van der Waals surface area contributed by atoms with Gasteiger partial charge in [-0.25, -0.2) is 8.42 Å². The van der Waals surface area contributed by atoms with E-state index >= 15 is 0 Å². The Morgan fingerprint density at radius 1 is 0.912 bits per heavy atom. The fraction of sp³-hybridized carbons (Fsp3) is 0.536. The molecule has 1 N–H and O–H groups in total. The average molecular weight is 481 g/mol. The minimum atomic E-state index is -3.65. The lowest BCUT2D eigenvalue weighted by molar-refractivity contribution is -0.116. The highest BCUT2D eigenvalue weighted by molar-refractivity contribution is 7.92. The number of carbonyl (C=O) groups is 1. The maximum Gasteiger partial charge on any atom is 0.247 e. The van der Waals surface area contributed by atoms with Crippen molar-refractivity contribution in [3.05, 3.63) is 59.2 Å². The Hall–Kier alpha value is -2.34. The standard InChI is InChI=1S/C28H36N2O3S/c1-17-9-18(2)11-26(10-17)30(34(4,32)33)19(3)28(31)29-25-7-5-22(6-8-25)27-23-13-20-12-21(15-23)16-24(27)14-20/h5-11,19-21,23-24,27H,12-16H2,1-4H3,(H,29,31)/t19-,20?,21?,23?,24?,27?/m1/s1. The first-order valence-corrected chi connectivity index (χ1v) is 14.4. The van der Waals surface area contributed by atoms with E-state index in [1.165, 1.54) is 42.0 Å². The average Bonchev–Trinajstić information content (AvgIpc) is 2.72. The Bertz CT molecular complexity index is 1140. The molecule has 4 fully saturated rings. The van der Waals surface area contributed by atoms with Gasteiger partial charge in [0.05, 0.1) is 11.9 Å². The molecule has 0 aliphatic heterocycles. The van der Waals surface area contributed by atoms with E-state index in [-0.39, 0.29) is 5.91 Å². The van der Waals surface area contributed by atoms with Crippen LogP contribution in [-0.2, 0) is 14.8 Å². The zero-order valence-corrected chi connectivity index (χ0v) is 21.4. The zero-order chi connectivity index (χ0) is 24.2. The SMILES string of the molecule is Cc1cc(C)cc(N([C@H](C)C(=O)Nc2ccc(C3C4CC5CC(C4)CC3C5)cc2)S(C)(=O)=O)c1. The van der Waals surface area contributed by atoms with Gasteiger partial charge >= 0.3 is 0 Å². The van der Waals surface area contributed by atoms with Crippen LogP contribution in [-0.4, -0.2) is 26.6 Å². The largest absolute Gasteiger partial charge is 0.324 e. The minimum Gasteiger partial charge on any atom is -0.324 e. The van der Waals surface area contributed by atoms with Gasteiger partial charge in [0.1, 0.15) is 6.04 Å². The molecule has 2 aromatic rings. The van der Waals surface area contributed by atoms with Gasteiger partial charge in [-0.3, -0.25) is 9.10 Å². The van der Waals surface area contributed by atoms with Gasteiger partial charge in [-0.2, -0.15) is 0 Å². The monoisotopic (exact) mass is 480 g/mol. The molecule has 34 heavy (non-hydrogen) atoms. The van der Waals surface area contributed by atoms with Gasteiger partial charge in [-0.05, 0) is 123 Å². The van der Waals surface area contributed by atoms with Crippen LogP contribution >= 0.6 is 0 Å². The van der Waals surface area contributed by atoms with Crippen LogP contribution in [0.15, 0.2) is 42.5 Å². The van der Waals surface area contributed by atoms with Crippen LogP contribution in [0.25, 0.3) is 0 Å². The third-order valence-electron chi connectivity index (χ3n) is 8.34. The van der Waals surface area contributed by atoms with E-state index in [4.69, 9.17) is 0 Å². The molecular formula is C28H36N2O3S. The fourth-order valence-electron chi connectivity index (χ4n) is 7.39. The number of hydrogen-bond acceptors (Lipinski definition) is 3. The molecule has 4 bridgehead atoms. The molecule has 0 radical (unpaired) electrons. The van der Waals surface area contributed by atoms with Crippen LogP contribution in [0.4, 0.5) is 11.4 Å². The molecule has 5 nitrogen and oxygen atoms in total. The summed E-state index contributed by atoms with van der Waals surface area (Å²) in [6.07, 6.45) is 8.13. The van der Waals surface area contributed by atoms with Crippen molar-refractivity contribution in [3.63, 3.8) is 0 Å². The van der Waals surface area contributed by atoms with Gasteiger partial charge in [-0.15, -0.1) is 0 Å². The molecule has 6 rings (SSSR count). The number of amides is 1. The van der Waals surface area contributed by atoms with E-state index in [2.05, 4.69) is 17.4 Å². The summed E-state index contributed by atoms with van der Waals surface area (Å²) in [6, 6.07) is 13.0.